The number of amides is 1. The summed E-state index contributed by atoms with van der Waals surface area (Å²) in [4.78, 5) is 13.8. The summed E-state index contributed by atoms with van der Waals surface area (Å²) in [6.07, 6.45) is 7.46. The lowest BCUT2D eigenvalue weighted by Crippen LogP contribution is -2.42. The maximum atomic E-state index is 11.9. The SMILES string of the molecule is CC=CCC1CCCN(C(=O)OC(C)(C)C)C1. The Morgan fingerprint density at radius 1 is 1.47 bits per heavy atom. The van der Waals surface area contributed by atoms with Crippen LogP contribution < -0.4 is 0 Å². The fourth-order valence-corrected chi connectivity index (χ4v) is 2.08. The summed E-state index contributed by atoms with van der Waals surface area (Å²) < 4.78 is 5.40. The van der Waals surface area contributed by atoms with Crippen molar-refractivity contribution in [3.63, 3.8) is 0 Å². The predicted molar refractivity (Wildman–Crippen MR) is 70.0 cm³/mol. The Labute approximate surface area is 105 Å². The second kappa shape index (κ2) is 6.08. The number of ether oxygens (including phenoxy) is 1. The number of likely N-dealkylation sites (tertiary alicyclic amines) is 1. The topological polar surface area (TPSA) is 29.5 Å². The fourth-order valence-electron chi connectivity index (χ4n) is 2.08. The number of nitrogens with zero attached hydrogens (tertiary/aromatic N) is 1. The van der Waals surface area contributed by atoms with Gasteiger partial charge in [-0.05, 0) is 52.9 Å². The smallest absolute Gasteiger partial charge is 0.410 e. The van der Waals surface area contributed by atoms with E-state index < -0.39 is 5.60 Å². The van der Waals surface area contributed by atoms with Gasteiger partial charge in [0.1, 0.15) is 5.60 Å². The van der Waals surface area contributed by atoms with Crippen LogP contribution in [0.15, 0.2) is 12.2 Å². The highest BCUT2D eigenvalue weighted by atomic mass is 16.6. The van der Waals surface area contributed by atoms with Crippen molar-refractivity contribution in [1.82, 2.24) is 4.90 Å². The highest BCUT2D eigenvalue weighted by molar-refractivity contribution is 5.68. The van der Waals surface area contributed by atoms with E-state index in [1.807, 2.05) is 32.6 Å². The van der Waals surface area contributed by atoms with E-state index >= 15 is 0 Å². The molecule has 0 aromatic carbocycles. The number of hydrogen-bond acceptors (Lipinski definition) is 2. The van der Waals surface area contributed by atoms with Crippen molar-refractivity contribution in [2.75, 3.05) is 13.1 Å². The molecular weight excluding hydrogens is 214 g/mol. The van der Waals surface area contributed by atoms with Gasteiger partial charge in [-0.2, -0.15) is 0 Å². The van der Waals surface area contributed by atoms with Gasteiger partial charge in [0.2, 0.25) is 0 Å². The molecule has 1 heterocycles. The molecule has 0 aromatic rings. The van der Waals surface area contributed by atoms with Crippen molar-refractivity contribution in [1.29, 1.82) is 0 Å². The summed E-state index contributed by atoms with van der Waals surface area (Å²) >= 11 is 0. The van der Waals surface area contributed by atoms with Gasteiger partial charge in [0.25, 0.3) is 0 Å². The summed E-state index contributed by atoms with van der Waals surface area (Å²) in [5.74, 6) is 0.590. The minimum absolute atomic E-state index is 0.164. The van der Waals surface area contributed by atoms with Crippen LogP contribution in [-0.2, 0) is 4.74 Å². The molecule has 0 aromatic heterocycles. The van der Waals surface area contributed by atoms with E-state index in [4.69, 9.17) is 4.74 Å². The fraction of sp³-hybridized carbons (Fsp3) is 0.786. The highest BCUT2D eigenvalue weighted by Gasteiger charge is 2.26. The van der Waals surface area contributed by atoms with Gasteiger partial charge in [-0.15, -0.1) is 0 Å². The molecule has 1 atom stereocenters. The van der Waals surface area contributed by atoms with Crippen LogP contribution in [0, 0.1) is 5.92 Å². The summed E-state index contributed by atoms with van der Waals surface area (Å²) in [7, 11) is 0. The molecule has 1 unspecified atom stereocenters. The van der Waals surface area contributed by atoms with Crippen molar-refractivity contribution in [3.05, 3.63) is 12.2 Å². The number of piperidine rings is 1. The summed E-state index contributed by atoms with van der Waals surface area (Å²) in [6, 6.07) is 0. The summed E-state index contributed by atoms with van der Waals surface area (Å²) in [5, 5.41) is 0. The van der Waals surface area contributed by atoms with E-state index in [-0.39, 0.29) is 6.09 Å². The standard InChI is InChI=1S/C14H25NO2/c1-5-6-8-12-9-7-10-15(11-12)13(16)17-14(2,3)4/h5-6,12H,7-11H2,1-4H3. The molecule has 1 fully saturated rings. The van der Waals surface area contributed by atoms with Crippen LogP contribution in [0.1, 0.15) is 47.0 Å². The maximum absolute atomic E-state index is 11.9. The number of rotatable bonds is 2. The van der Waals surface area contributed by atoms with Crippen LogP contribution in [0.2, 0.25) is 0 Å². The first-order chi connectivity index (χ1) is 7.92. The largest absolute Gasteiger partial charge is 0.444 e. The molecule has 1 rings (SSSR count). The molecule has 1 aliphatic heterocycles. The van der Waals surface area contributed by atoms with E-state index in [9.17, 15) is 4.79 Å². The van der Waals surface area contributed by atoms with Crippen LogP contribution >= 0.6 is 0 Å². The normalized spacial score (nSPS) is 21.9. The zero-order chi connectivity index (χ0) is 12.9. The summed E-state index contributed by atoms with van der Waals surface area (Å²) in [6.45, 7) is 9.43. The first kappa shape index (κ1) is 14.1. The third-order valence-corrected chi connectivity index (χ3v) is 2.88. The van der Waals surface area contributed by atoms with Gasteiger partial charge in [-0.1, -0.05) is 12.2 Å². The Morgan fingerprint density at radius 3 is 2.76 bits per heavy atom. The lowest BCUT2D eigenvalue weighted by atomic mass is 9.95. The lowest BCUT2D eigenvalue weighted by Gasteiger charge is -2.33. The molecule has 0 spiro atoms. The molecule has 3 nitrogen and oxygen atoms in total. The first-order valence-electron chi connectivity index (χ1n) is 6.51. The van der Waals surface area contributed by atoms with Gasteiger partial charge < -0.3 is 9.64 Å². The van der Waals surface area contributed by atoms with Crippen molar-refractivity contribution in [2.45, 2.75) is 52.6 Å². The number of allylic oxidation sites excluding steroid dienone is 2. The van der Waals surface area contributed by atoms with Crippen LogP contribution in [0.5, 0.6) is 0 Å². The van der Waals surface area contributed by atoms with Crippen molar-refractivity contribution < 1.29 is 9.53 Å². The number of carbonyl (C=O) groups excluding carboxylic acids is 1. The lowest BCUT2D eigenvalue weighted by molar-refractivity contribution is 0.0167. The quantitative estimate of drug-likeness (QED) is 0.689. The van der Waals surface area contributed by atoms with E-state index in [2.05, 4.69) is 12.2 Å². The van der Waals surface area contributed by atoms with E-state index in [0.717, 1.165) is 25.9 Å². The Morgan fingerprint density at radius 2 is 2.18 bits per heavy atom. The molecule has 1 saturated heterocycles. The molecule has 1 amide bonds. The van der Waals surface area contributed by atoms with E-state index in [0.29, 0.717) is 5.92 Å². The van der Waals surface area contributed by atoms with E-state index in [1.54, 1.807) is 0 Å². The van der Waals surface area contributed by atoms with Crippen molar-refractivity contribution in [3.8, 4) is 0 Å². The molecule has 0 bridgehead atoms. The molecule has 0 N–H and O–H groups in total. The van der Waals surface area contributed by atoms with E-state index in [1.165, 1.54) is 6.42 Å². The molecule has 17 heavy (non-hydrogen) atoms. The van der Waals surface area contributed by atoms with Gasteiger partial charge in [-0.25, -0.2) is 4.79 Å². The Bertz CT molecular complexity index is 278. The monoisotopic (exact) mass is 239 g/mol. The minimum atomic E-state index is -0.395. The second-order valence-corrected chi connectivity index (χ2v) is 5.74. The van der Waals surface area contributed by atoms with Crippen LogP contribution in [0.25, 0.3) is 0 Å². The molecule has 1 aliphatic rings. The minimum Gasteiger partial charge on any atom is -0.444 e. The first-order valence-corrected chi connectivity index (χ1v) is 6.51. The van der Waals surface area contributed by atoms with Gasteiger partial charge in [0.15, 0.2) is 0 Å². The molecule has 3 heteroatoms. The van der Waals surface area contributed by atoms with Gasteiger partial charge in [0.05, 0.1) is 0 Å². The molecule has 0 saturated carbocycles. The zero-order valence-electron chi connectivity index (χ0n) is 11.5. The summed E-state index contributed by atoms with van der Waals surface area (Å²) in [5.41, 5.74) is -0.395. The molecule has 0 aliphatic carbocycles. The van der Waals surface area contributed by atoms with Crippen LogP contribution in [0.4, 0.5) is 4.79 Å². The predicted octanol–water partition coefficient (Wildman–Crippen LogP) is 3.60. The average molecular weight is 239 g/mol. The van der Waals surface area contributed by atoms with Gasteiger partial charge in [-0.3, -0.25) is 0 Å². The third kappa shape index (κ3) is 5.24. The average Bonchev–Trinajstić information content (AvgIpc) is 2.24. The van der Waals surface area contributed by atoms with Crippen molar-refractivity contribution in [2.24, 2.45) is 5.92 Å². The highest BCUT2D eigenvalue weighted by Crippen LogP contribution is 2.21. The Kier molecular flexibility index (Phi) is 5.03. The van der Waals surface area contributed by atoms with Crippen LogP contribution in [0.3, 0.4) is 0 Å². The van der Waals surface area contributed by atoms with Gasteiger partial charge >= 0.3 is 6.09 Å². The number of hydrogen-bond donors (Lipinski definition) is 0. The Balaban J connectivity index is 2.46. The third-order valence-electron chi connectivity index (χ3n) is 2.88. The van der Waals surface area contributed by atoms with Crippen molar-refractivity contribution >= 4 is 6.09 Å². The number of carbonyl (C=O) groups is 1. The van der Waals surface area contributed by atoms with Crippen LogP contribution in [-0.4, -0.2) is 29.7 Å². The Hall–Kier alpha value is -0.990. The molecule has 98 valence electrons. The maximum Gasteiger partial charge on any atom is 0.410 e. The molecule has 0 radical (unpaired) electrons. The second-order valence-electron chi connectivity index (χ2n) is 5.74. The van der Waals surface area contributed by atoms with Gasteiger partial charge in [0, 0.05) is 13.1 Å². The molecular formula is C14H25NO2. The zero-order valence-corrected chi connectivity index (χ0v) is 11.5.